The normalized spacial score (nSPS) is 11.9. The van der Waals surface area contributed by atoms with Crippen LogP contribution in [0.5, 0.6) is 0 Å². The van der Waals surface area contributed by atoms with Crippen molar-refractivity contribution in [3.05, 3.63) is 50.7 Å². The van der Waals surface area contributed by atoms with Crippen LogP contribution >= 0.6 is 0 Å². The number of benzene rings is 1. The Bertz CT molecular complexity index is 1490. The monoisotopic (exact) mass is 490 g/mol. The highest BCUT2D eigenvalue weighted by atomic mass is 16.2. The smallest absolute Gasteiger partial charge is 0.332 e. The van der Waals surface area contributed by atoms with E-state index in [2.05, 4.69) is 33.5 Å². The van der Waals surface area contributed by atoms with Crippen molar-refractivity contribution >= 4 is 35.2 Å². The molecule has 1 aromatic carbocycles. The van der Waals surface area contributed by atoms with Crippen LogP contribution in [-0.2, 0) is 20.1 Å². The molecule has 0 aliphatic carbocycles. The maximum atomic E-state index is 13.6. The fourth-order valence-corrected chi connectivity index (χ4v) is 4.16. The summed E-state index contributed by atoms with van der Waals surface area (Å²) in [6, 6.07) is 7.55. The highest BCUT2D eigenvalue weighted by Gasteiger charge is 2.24. The number of imidazole rings is 1. The number of para-hydroxylation sites is 1. The molecule has 0 spiro atoms. The molecule has 0 bridgehead atoms. The van der Waals surface area contributed by atoms with E-state index in [1.807, 2.05) is 57.0 Å². The van der Waals surface area contributed by atoms with Crippen molar-refractivity contribution in [2.45, 2.75) is 46.3 Å². The van der Waals surface area contributed by atoms with E-state index in [1.54, 1.807) is 18.5 Å². The number of hydrogen-bond acceptors (Lipinski definition) is 7. The van der Waals surface area contributed by atoms with E-state index in [4.69, 9.17) is 5.73 Å². The molecule has 190 valence electrons. The lowest BCUT2D eigenvalue weighted by Crippen LogP contribution is -2.44. The molecule has 10 heteroatoms. The van der Waals surface area contributed by atoms with E-state index in [1.165, 1.54) is 9.13 Å². The zero-order valence-electron chi connectivity index (χ0n) is 21.9. The third-order valence-electron chi connectivity index (χ3n) is 5.75. The third kappa shape index (κ3) is 5.47. The van der Waals surface area contributed by atoms with Gasteiger partial charge in [0.15, 0.2) is 11.2 Å². The standard InChI is InChI=1S/C26H34N8O2/c1-8-9-15-33-21-22(30-24(33)31(6)17-26(3,4)27)32(7)25(36)34(23(21)35)16-14-29-18(2)19-12-10-11-13-20(19)28-5/h10-13H,5,14-17,27H2,1-4,6-7H3/b29-18-. The van der Waals surface area contributed by atoms with Crippen LogP contribution in [0.4, 0.5) is 11.6 Å². The molecule has 0 fully saturated rings. The maximum absolute atomic E-state index is 13.6. The van der Waals surface area contributed by atoms with E-state index in [0.29, 0.717) is 23.7 Å². The van der Waals surface area contributed by atoms with Gasteiger partial charge in [-0.3, -0.25) is 28.5 Å². The van der Waals surface area contributed by atoms with E-state index in [0.717, 1.165) is 17.0 Å². The quantitative estimate of drug-likeness (QED) is 0.364. The van der Waals surface area contributed by atoms with Crippen LogP contribution in [0.3, 0.4) is 0 Å². The fourth-order valence-electron chi connectivity index (χ4n) is 4.16. The summed E-state index contributed by atoms with van der Waals surface area (Å²) in [6.45, 7) is 12.2. The molecule has 0 saturated heterocycles. The second-order valence-corrected chi connectivity index (χ2v) is 9.38. The predicted molar refractivity (Wildman–Crippen MR) is 147 cm³/mol. The largest absolute Gasteiger partial charge is 0.343 e. The number of aliphatic imine (C=N–C) groups is 2. The number of fused-ring (bicyclic) bond motifs is 1. The second kappa shape index (κ2) is 10.7. The van der Waals surface area contributed by atoms with Gasteiger partial charge >= 0.3 is 5.69 Å². The van der Waals surface area contributed by atoms with Gasteiger partial charge in [-0.2, -0.15) is 4.98 Å². The molecule has 0 aliphatic heterocycles. The highest BCUT2D eigenvalue weighted by Crippen LogP contribution is 2.20. The van der Waals surface area contributed by atoms with Crippen LogP contribution in [0.25, 0.3) is 11.2 Å². The van der Waals surface area contributed by atoms with Crippen LogP contribution < -0.4 is 21.9 Å². The highest BCUT2D eigenvalue weighted by molar-refractivity contribution is 6.03. The van der Waals surface area contributed by atoms with Gasteiger partial charge in [-0.15, -0.1) is 5.92 Å². The Morgan fingerprint density at radius 2 is 1.94 bits per heavy atom. The first kappa shape index (κ1) is 26.6. The number of nitrogens with two attached hydrogens (primary N) is 1. The molecular formula is C26H34N8O2. The lowest BCUT2D eigenvalue weighted by molar-refractivity contribution is 0.512. The number of anilines is 1. The molecule has 0 radical (unpaired) electrons. The summed E-state index contributed by atoms with van der Waals surface area (Å²) in [5, 5.41) is 0. The molecular weight excluding hydrogens is 456 g/mol. The first-order chi connectivity index (χ1) is 17.0. The Labute approximate surface area is 210 Å². The van der Waals surface area contributed by atoms with Gasteiger partial charge in [0.2, 0.25) is 5.95 Å². The Balaban J connectivity index is 2.07. The first-order valence-corrected chi connectivity index (χ1v) is 11.7. The summed E-state index contributed by atoms with van der Waals surface area (Å²) < 4.78 is 4.34. The third-order valence-corrected chi connectivity index (χ3v) is 5.75. The van der Waals surface area contributed by atoms with E-state index in [9.17, 15) is 9.59 Å². The van der Waals surface area contributed by atoms with Crippen LogP contribution in [0.1, 0.15) is 33.3 Å². The van der Waals surface area contributed by atoms with Gasteiger partial charge in [0.25, 0.3) is 5.56 Å². The number of hydrogen-bond donors (Lipinski definition) is 1. The summed E-state index contributed by atoms with van der Waals surface area (Å²) in [7, 11) is 3.47. The Kier molecular flexibility index (Phi) is 7.95. The molecule has 36 heavy (non-hydrogen) atoms. The van der Waals surface area contributed by atoms with Gasteiger partial charge in [-0.05, 0) is 40.5 Å². The molecule has 10 nitrogen and oxygen atoms in total. The number of rotatable bonds is 9. The zero-order valence-corrected chi connectivity index (χ0v) is 21.9. The van der Waals surface area contributed by atoms with Crippen molar-refractivity contribution in [1.29, 1.82) is 0 Å². The number of aryl methyl sites for hydroxylation is 1. The van der Waals surface area contributed by atoms with Crippen LogP contribution in [-0.4, -0.2) is 56.8 Å². The molecule has 0 atom stereocenters. The van der Waals surface area contributed by atoms with Crippen molar-refractivity contribution in [2.24, 2.45) is 22.8 Å². The second-order valence-electron chi connectivity index (χ2n) is 9.38. The van der Waals surface area contributed by atoms with Gasteiger partial charge < -0.3 is 10.6 Å². The average molecular weight is 491 g/mol. The minimum atomic E-state index is -0.490. The van der Waals surface area contributed by atoms with E-state index < -0.39 is 16.8 Å². The van der Waals surface area contributed by atoms with Crippen molar-refractivity contribution in [3.8, 4) is 11.8 Å². The Morgan fingerprint density at radius 1 is 1.25 bits per heavy atom. The van der Waals surface area contributed by atoms with Crippen molar-refractivity contribution in [3.63, 3.8) is 0 Å². The van der Waals surface area contributed by atoms with Gasteiger partial charge in [0.1, 0.15) is 0 Å². The van der Waals surface area contributed by atoms with Crippen molar-refractivity contribution in [1.82, 2.24) is 18.7 Å². The topological polar surface area (TPSA) is 116 Å². The van der Waals surface area contributed by atoms with Gasteiger partial charge in [-0.25, -0.2) is 4.79 Å². The lowest BCUT2D eigenvalue weighted by Gasteiger charge is -2.27. The number of aromatic nitrogens is 4. The SMILES string of the molecule is C=Nc1ccccc1/C(C)=N\CCn1c(=O)c2c(nc(N(C)CC(C)(C)N)n2CC#CC)n(C)c1=O. The fraction of sp³-hybridized carbons (Fsp3) is 0.423. The molecule has 2 heterocycles. The zero-order chi connectivity index (χ0) is 26.6. The molecule has 0 unspecified atom stereocenters. The molecule has 2 aromatic heterocycles. The molecule has 3 rings (SSSR count). The molecule has 0 amide bonds. The minimum absolute atomic E-state index is 0.119. The number of nitrogens with zero attached hydrogens (tertiary/aromatic N) is 7. The summed E-state index contributed by atoms with van der Waals surface area (Å²) in [4.78, 5) is 41.9. The van der Waals surface area contributed by atoms with Crippen molar-refractivity contribution in [2.75, 3.05) is 25.0 Å². The van der Waals surface area contributed by atoms with Gasteiger partial charge in [0, 0.05) is 37.5 Å². The predicted octanol–water partition coefficient (Wildman–Crippen LogP) is 1.93. The summed E-state index contributed by atoms with van der Waals surface area (Å²) in [5.41, 5.74) is 7.81. The lowest BCUT2D eigenvalue weighted by atomic mass is 10.1. The Hall–Kier alpha value is -3.97. The summed E-state index contributed by atoms with van der Waals surface area (Å²) in [5.74, 6) is 6.41. The number of likely N-dealkylation sites (N-methyl/N-ethyl adjacent to an activating group) is 1. The van der Waals surface area contributed by atoms with Crippen molar-refractivity contribution < 1.29 is 0 Å². The first-order valence-electron chi connectivity index (χ1n) is 11.7. The molecule has 3 aromatic rings. The van der Waals surface area contributed by atoms with E-state index in [-0.39, 0.29) is 19.6 Å². The van der Waals surface area contributed by atoms with Gasteiger partial charge in [-0.1, -0.05) is 24.1 Å². The molecule has 0 saturated carbocycles. The Morgan fingerprint density at radius 3 is 2.58 bits per heavy atom. The van der Waals surface area contributed by atoms with Crippen LogP contribution in [0.15, 0.2) is 43.8 Å². The average Bonchev–Trinajstić information content (AvgIpc) is 3.22. The molecule has 0 aliphatic rings. The van der Waals surface area contributed by atoms with Gasteiger partial charge in [0.05, 0.1) is 25.3 Å². The minimum Gasteiger partial charge on any atom is -0.343 e. The molecule has 2 N–H and O–H groups in total. The van der Waals surface area contributed by atoms with E-state index >= 15 is 0 Å². The van der Waals surface area contributed by atoms with Crippen LogP contribution in [0.2, 0.25) is 0 Å². The summed E-state index contributed by atoms with van der Waals surface area (Å²) in [6.07, 6.45) is 0. The summed E-state index contributed by atoms with van der Waals surface area (Å²) >= 11 is 0. The van der Waals surface area contributed by atoms with Crippen LogP contribution in [0, 0.1) is 11.8 Å². The maximum Gasteiger partial charge on any atom is 0.332 e.